The van der Waals surface area contributed by atoms with Gasteiger partial charge in [-0.25, -0.2) is 10.2 Å². The molecule has 2 rings (SSSR count). The predicted molar refractivity (Wildman–Crippen MR) is 120 cm³/mol. The van der Waals surface area contributed by atoms with Crippen molar-refractivity contribution in [3.05, 3.63) is 56.7 Å². The quantitative estimate of drug-likeness (QED) is 0.290. The van der Waals surface area contributed by atoms with Crippen molar-refractivity contribution >= 4 is 23.7 Å². The molecule has 1 heterocycles. The van der Waals surface area contributed by atoms with Crippen molar-refractivity contribution in [2.24, 2.45) is 5.10 Å². The lowest BCUT2D eigenvalue weighted by Gasteiger charge is -2.08. The number of amides is 1. The third-order valence-corrected chi connectivity index (χ3v) is 4.75. The van der Waals surface area contributed by atoms with Crippen molar-refractivity contribution in [2.45, 2.75) is 58.8 Å². The number of hydrazone groups is 1. The number of benzene rings is 1. The first-order valence-corrected chi connectivity index (χ1v) is 10.7. The van der Waals surface area contributed by atoms with E-state index in [1.165, 1.54) is 44.4 Å². The van der Waals surface area contributed by atoms with Crippen LogP contribution in [0.4, 0.5) is 0 Å². The summed E-state index contributed by atoms with van der Waals surface area (Å²) in [7, 11) is 0. The Balaban J connectivity index is 1.77. The van der Waals surface area contributed by atoms with Crippen LogP contribution in [0.2, 0.25) is 5.02 Å². The van der Waals surface area contributed by atoms with Crippen LogP contribution in [0.5, 0.6) is 5.75 Å². The molecule has 2 N–H and O–H groups in total. The lowest BCUT2D eigenvalue weighted by Crippen LogP contribution is -2.24. The van der Waals surface area contributed by atoms with Crippen LogP contribution >= 0.6 is 11.6 Å². The Morgan fingerprint density at radius 1 is 1.20 bits per heavy atom. The summed E-state index contributed by atoms with van der Waals surface area (Å²) >= 11 is 6.28. The molecule has 0 bridgehead atoms. The second-order valence-corrected chi connectivity index (χ2v) is 7.52. The molecular formula is C22H29ClN4O3. The first kappa shape index (κ1) is 23.6. The third-order valence-electron chi connectivity index (χ3n) is 4.45. The van der Waals surface area contributed by atoms with Crippen LogP contribution in [0.3, 0.4) is 0 Å². The van der Waals surface area contributed by atoms with Gasteiger partial charge in [-0.2, -0.15) is 10.1 Å². The van der Waals surface area contributed by atoms with E-state index in [1.807, 2.05) is 0 Å². The summed E-state index contributed by atoms with van der Waals surface area (Å²) in [4.78, 5) is 29.4. The number of aromatic amines is 1. The molecule has 0 radical (unpaired) electrons. The number of halogens is 1. The summed E-state index contributed by atoms with van der Waals surface area (Å²) in [6, 6.07) is 6.78. The van der Waals surface area contributed by atoms with Crippen LogP contribution in [0.25, 0.3) is 0 Å². The highest BCUT2D eigenvalue weighted by Crippen LogP contribution is 2.25. The van der Waals surface area contributed by atoms with E-state index >= 15 is 0 Å². The van der Waals surface area contributed by atoms with Crippen LogP contribution in [-0.4, -0.2) is 28.7 Å². The fourth-order valence-electron chi connectivity index (χ4n) is 2.87. The molecule has 2 aromatic rings. The van der Waals surface area contributed by atoms with Gasteiger partial charge in [0.2, 0.25) is 0 Å². The minimum Gasteiger partial charge on any atom is -0.492 e. The Morgan fingerprint density at radius 2 is 1.93 bits per heavy atom. The number of carbonyl (C=O) groups is 1. The molecular weight excluding hydrogens is 404 g/mol. The van der Waals surface area contributed by atoms with Gasteiger partial charge >= 0.3 is 5.69 Å². The fourth-order valence-corrected chi connectivity index (χ4v) is 3.12. The van der Waals surface area contributed by atoms with Gasteiger partial charge in [-0.3, -0.25) is 4.79 Å². The van der Waals surface area contributed by atoms with Crippen molar-refractivity contribution in [3.8, 4) is 5.75 Å². The van der Waals surface area contributed by atoms with Crippen molar-refractivity contribution in [3.63, 3.8) is 0 Å². The summed E-state index contributed by atoms with van der Waals surface area (Å²) in [6.07, 6.45) is 10.0. The number of nitrogens with one attached hydrogen (secondary N) is 2. The van der Waals surface area contributed by atoms with Crippen molar-refractivity contribution in [1.29, 1.82) is 0 Å². The van der Waals surface area contributed by atoms with Gasteiger partial charge in [-0.05, 0) is 43.2 Å². The highest BCUT2D eigenvalue weighted by atomic mass is 35.5. The van der Waals surface area contributed by atoms with Crippen LogP contribution in [-0.2, 0) is 0 Å². The SMILES string of the molecule is CCCCCCCCCOc1ccc(/C=N/NC(=O)c2cc(C)[nH]c(=O)n2)cc1Cl. The van der Waals surface area contributed by atoms with E-state index in [0.717, 1.165) is 12.8 Å². The summed E-state index contributed by atoms with van der Waals surface area (Å²) in [6.45, 7) is 4.53. The zero-order chi connectivity index (χ0) is 21.8. The van der Waals surface area contributed by atoms with Crippen molar-refractivity contribution in [1.82, 2.24) is 15.4 Å². The molecule has 0 saturated carbocycles. The molecule has 0 aliphatic carbocycles. The van der Waals surface area contributed by atoms with Gasteiger partial charge < -0.3 is 9.72 Å². The fraction of sp³-hybridized carbons (Fsp3) is 0.455. The first-order chi connectivity index (χ1) is 14.5. The molecule has 7 nitrogen and oxygen atoms in total. The lowest BCUT2D eigenvalue weighted by molar-refractivity contribution is 0.0949. The van der Waals surface area contributed by atoms with Gasteiger partial charge in [-0.15, -0.1) is 0 Å². The molecule has 0 aliphatic heterocycles. The Kier molecular flexibility index (Phi) is 10.1. The standard InChI is InChI=1S/C22H29ClN4O3/c1-3-4-5-6-7-8-9-12-30-20-11-10-17(14-18(20)23)15-24-27-21(28)19-13-16(2)25-22(29)26-19/h10-11,13-15H,3-9,12H2,1-2H3,(H,27,28)(H,25,26,29)/b24-15+. The van der Waals surface area contributed by atoms with Gasteiger partial charge in [0.05, 0.1) is 17.8 Å². The highest BCUT2D eigenvalue weighted by molar-refractivity contribution is 6.32. The van der Waals surface area contributed by atoms with E-state index in [9.17, 15) is 9.59 Å². The number of nitrogens with zero attached hydrogens (tertiary/aromatic N) is 2. The van der Waals surface area contributed by atoms with E-state index < -0.39 is 11.6 Å². The number of H-pyrrole nitrogens is 1. The molecule has 0 spiro atoms. The van der Waals surface area contributed by atoms with Gasteiger partial charge in [0, 0.05) is 5.69 Å². The summed E-state index contributed by atoms with van der Waals surface area (Å²) in [5.74, 6) is 0.0632. The monoisotopic (exact) mass is 432 g/mol. The second kappa shape index (κ2) is 12.8. The van der Waals surface area contributed by atoms with Gasteiger partial charge in [0.15, 0.2) is 0 Å². The number of aryl methyl sites for hydroxylation is 1. The Morgan fingerprint density at radius 3 is 2.63 bits per heavy atom. The largest absolute Gasteiger partial charge is 0.492 e. The molecule has 162 valence electrons. The van der Waals surface area contributed by atoms with E-state index in [2.05, 4.69) is 27.4 Å². The summed E-state index contributed by atoms with van der Waals surface area (Å²) < 4.78 is 5.76. The number of unbranched alkanes of at least 4 members (excludes halogenated alkanes) is 6. The maximum Gasteiger partial charge on any atom is 0.345 e. The average molecular weight is 433 g/mol. The summed E-state index contributed by atoms with van der Waals surface area (Å²) in [5, 5.41) is 4.38. The number of hydrogen-bond donors (Lipinski definition) is 2. The van der Waals surface area contributed by atoms with Crippen molar-refractivity contribution < 1.29 is 9.53 Å². The van der Waals surface area contributed by atoms with Crippen molar-refractivity contribution in [2.75, 3.05) is 6.61 Å². The Hall–Kier alpha value is -2.67. The van der Waals surface area contributed by atoms with Crippen LogP contribution < -0.4 is 15.9 Å². The third kappa shape index (κ3) is 8.37. The lowest BCUT2D eigenvalue weighted by atomic mass is 10.1. The van der Waals surface area contributed by atoms with E-state index in [-0.39, 0.29) is 5.69 Å². The van der Waals surface area contributed by atoms with Crippen LogP contribution in [0.1, 0.15) is 73.6 Å². The Labute approximate surface area is 181 Å². The van der Waals surface area contributed by atoms with Crippen LogP contribution in [0.15, 0.2) is 34.2 Å². The average Bonchev–Trinajstić information content (AvgIpc) is 2.70. The first-order valence-electron chi connectivity index (χ1n) is 10.3. The molecule has 0 saturated heterocycles. The normalized spacial score (nSPS) is 11.0. The molecule has 1 aromatic heterocycles. The van der Waals surface area contributed by atoms with E-state index in [0.29, 0.717) is 28.6 Å². The minimum atomic E-state index is -0.581. The Bertz CT molecular complexity index is 911. The molecule has 1 aromatic carbocycles. The molecule has 1 amide bonds. The minimum absolute atomic E-state index is 0.000504. The van der Waals surface area contributed by atoms with Gasteiger partial charge in [0.25, 0.3) is 5.91 Å². The predicted octanol–water partition coefficient (Wildman–Crippen LogP) is 4.63. The molecule has 30 heavy (non-hydrogen) atoms. The zero-order valence-corrected chi connectivity index (χ0v) is 18.3. The number of carbonyl (C=O) groups excluding carboxylic acids is 1. The number of rotatable bonds is 12. The molecule has 0 atom stereocenters. The summed E-state index contributed by atoms with van der Waals surface area (Å²) in [5.41, 5.74) is 3.01. The molecule has 0 unspecified atom stereocenters. The number of ether oxygens (including phenoxy) is 1. The van der Waals surface area contributed by atoms with Crippen LogP contribution in [0, 0.1) is 6.92 Å². The maximum atomic E-state index is 12.0. The zero-order valence-electron chi connectivity index (χ0n) is 17.5. The highest BCUT2D eigenvalue weighted by Gasteiger charge is 2.08. The molecule has 0 aliphatic rings. The maximum absolute atomic E-state index is 12.0. The van der Waals surface area contributed by atoms with Gasteiger partial charge in [-0.1, -0.05) is 57.0 Å². The van der Waals surface area contributed by atoms with E-state index in [1.54, 1.807) is 25.1 Å². The molecule has 8 heteroatoms. The number of hydrogen-bond acceptors (Lipinski definition) is 5. The van der Waals surface area contributed by atoms with E-state index in [4.69, 9.17) is 16.3 Å². The molecule has 0 fully saturated rings. The second-order valence-electron chi connectivity index (χ2n) is 7.11. The smallest absolute Gasteiger partial charge is 0.345 e. The number of aromatic nitrogens is 2. The topological polar surface area (TPSA) is 96.4 Å². The van der Waals surface area contributed by atoms with Gasteiger partial charge in [0.1, 0.15) is 11.4 Å².